The minimum absolute atomic E-state index is 0.589. The summed E-state index contributed by atoms with van der Waals surface area (Å²) in [4.78, 5) is 0. The highest BCUT2D eigenvalue weighted by Crippen LogP contribution is 2.13. The highest BCUT2D eigenvalue weighted by molar-refractivity contribution is 5.31. The van der Waals surface area contributed by atoms with Crippen LogP contribution in [-0.4, -0.2) is 6.17 Å². The molecule has 0 bridgehead atoms. The first-order valence-electron chi connectivity index (χ1n) is 5.89. The number of rotatable bonds is 6. The molecule has 0 fully saturated rings. The fraction of sp³-hybridized carbons (Fsp3) is 0.500. The van der Waals surface area contributed by atoms with Crippen molar-refractivity contribution >= 4 is 0 Å². The molecule has 0 N–H and O–H groups in total. The monoisotopic (exact) mass is 219 g/mol. The molecule has 1 nitrogen and oxygen atoms in total. The van der Waals surface area contributed by atoms with Crippen LogP contribution in [0.4, 0.5) is 4.39 Å². The second kappa shape index (κ2) is 7.00. The van der Waals surface area contributed by atoms with E-state index in [4.69, 9.17) is 5.26 Å². The average Bonchev–Trinajstić information content (AvgIpc) is 2.34. The van der Waals surface area contributed by atoms with Gasteiger partial charge in [0.15, 0.2) is 0 Å². The van der Waals surface area contributed by atoms with Crippen molar-refractivity contribution in [2.24, 2.45) is 0 Å². The van der Waals surface area contributed by atoms with Gasteiger partial charge in [-0.2, -0.15) is 5.26 Å². The lowest BCUT2D eigenvalue weighted by atomic mass is 10.0. The van der Waals surface area contributed by atoms with Crippen LogP contribution in [0.1, 0.15) is 43.7 Å². The Labute approximate surface area is 96.9 Å². The van der Waals surface area contributed by atoms with Crippen LogP contribution in [0.25, 0.3) is 0 Å². The molecule has 0 unspecified atom stereocenters. The van der Waals surface area contributed by atoms with Crippen LogP contribution in [-0.2, 0) is 6.42 Å². The Morgan fingerprint density at radius 1 is 1.25 bits per heavy atom. The second-order valence-electron chi connectivity index (χ2n) is 4.09. The number of alkyl halides is 1. The zero-order valence-corrected chi connectivity index (χ0v) is 9.75. The van der Waals surface area contributed by atoms with Gasteiger partial charge in [-0.1, -0.05) is 31.9 Å². The molecule has 1 atom stereocenters. The summed E-state index contributed by atoms with van der Waals surface area (Å²) in [6.45, 7) is 2.08. The lowest BCUT2D eigenvalue weighted by molar-refractivity contribution is 0.290. The van der Waals surface area contributed by atoms with Crippen molar-refractivity contribution in [2.45, 2.75) is 45.2 Å². The molecule has 0 aliphatic carbocycles. The fourth-order valence-electron chi connectivity index (χ4n) is 1.64. The molecular weight excluding hydrogens is 201 g/mol. The lowest BCUT2D eigenvalue weighted by Gasteiger charge is -2.07. The molecule has 0 aliphatic heterocycles. The number of halogens is 1. The smallest absolute Gasteiger partial charge is 0.100 e. The molecule has 1 rings (SSSR count). The van der Waals surface area contributed by atoms with Gasteiger partial charge in [0.2, 0.25) is 0 Å². The van der Waals surface area contributed by atoms with E-state index < -0.39 is 6.17 Å². The Hall–Kier alpha value is -1.36. The molecule has 1 aromatic rings. The SMILES string of the molecule is CCCC[C@@H](F)CCc1ccc(C#N)cc1. The molecule has 0 aromatic heterocycles. The molecule has 0 saturated carbocycles. The number of nitriles is 1. The van der Waals surface area contributed by atoms with Crippen molar-refractivity contribution in [1.82, 2.24) is 0 Å². The van der Waals surface area contributed by atoms with Crippen molar-refractivity contribution in [2.75, 3.05) is 0 Å². The van der Waals surface area contributed by atoms with E-state index in [1.165, 1.54) is 0 Å². The predicted molar refractivity (Wildman–Crippen MR) is 63.9 cm³/mol. The number of unbranched alkanes of at least 4 members (excludes halogenated alkanes) is 1. The standard InChI is InChI=1S/C14H18FN/c1-2-3-4-14(15)10-9-12-5-7-13(11-16)8-6-12/h5-8,14H,2-4,9-10H2,1H3/t14-/m1/s1. The van der Waals surface area contributed by atoms with E-state index in [-0.39, 0.29) is 0 Å². The summed E-state index contributed by atoms with van der Waals surface area (Å²) in [5.41, 5.74) is 1.77. The largest absolute Gasteiger partial charge is 0.247 e. The minimum Gasteiger partial charge on any atom is -0.247 e. The molecule has 0 heterocycles. The summed E-state index contributed by atoms with van der Waals surface area (Å²) in [5, 5.41) is 8.63. The summed E-state index contributed by atoms with van der Waals surface area (Å²) in [5.74, 6) is 0. The van der Waals surface area contributed by atoms with Crippen LogP contribution < -0.4 is 0 Å². The summed E-state index contributed by atoms with van der Waals surface area (Å²) in [6, 6.07) is 9.46. The van der Waals surface area contributed by atoms with Crippen LogP contribution in [0.5, 0.6) is 0 Å². The quantitative estimate of drug-likeness (QED) is 0.709. The van der Waals surface area contributed by atoms with Gasteiger partial charge in [0.05, 0.1) is 11.6 Å². The van der Waals surface area contributed by atoms with Gasteiger partial charge in [-0.05, 0) is 37.0 Å². The van der Waals surface area contributed by atoms with Crippen molar-refractivity contribution in [3.05, 3.63) is 35.4 Å². The Balaban J connectivity index is 2.34. The van der Waals surface area contributed by atoms with Gasteiger partial charge in [0.25, 0.3) is 0 Å². The van der Waals surface area contributed by atoms with E-state index in [9.17, 15) is 4.39 Å². The molecule has 86 valence electrons. The molecule has 0 aliphatic rings. The van der Waals surface area contributed by atoms with Crippen LogP contribution >= 0.6 is 0 Å². The molecule has 0 amide bonds. The van der Waals surface area contributed by atoms with Gasteiger partial charge in [-0.3, -0.25) is 0 Å². The van der Waals surface area contributed by atoms with Crippen molar-refractivity contribution < 1.29 is 4.39 Å². The van der Waals surface area contributed by atoms with Crippen molar-refractivity contribution in [3.63, 3.8) is 0 Å². The number of nitrogens with zero attached hydrogens (tertiary/aromatic N) is 1. The van der Waals surface area contributed by atoms with Crippen LogP contribution in [0.15, 0.2) is 24.3 Å². The summed E-state index contributed by atoms with van der Waals surface area (Å²) >= 11 is 0. The Morgan fingerprint density at radius 2 is 1.94 bits per heavy atom. The lowest BCUT2D eigenvalue weighted by Crippen LogP contribution is -2.01. The third-order valence-corrected chi connectivity index (χ3v) is 2.70. The van der Waals surface area contributed by atoms with Crippen molar-refractivity contribution in [1.29, 1.82) is 5.26 Å². The average molecular weight is 219 g/mol. The first-order valence-corrected chi connectivity index (χ1v) is 5.89. The maximum absolute atomic E-state index is 13.4. The van der Waals surface area contributed by atoms with Gasteiger partial charge in [-0.15, -0.1) is 0 Å². The highest BCUT2D eigenvalue weighted by Gasteiger charge is 2.05. The Kier molecular flexibility index (Phi) is 5.56. The van der Waals surface area contributed by atoms with E-state index in [0.717, 1.165) is 24.8 Å². The van der Waals surface area contributed by atoms with E-state index >= 15 is 0 Å². The molecular formula is C14H18FN. The number of hydrogen-bond donors (Lipinski definition) is 0. The Morgan fingerprint density at radius 3 is 2.50 bits per heavy atom. The Bertz CT molecular complexity index is 337. The maximum atomic E-state index is 13.4. The van der Waals surface area contributed by atoms with Crippen LogP contribution in [0.3, 0.4) is 0 Å². The normalized spacial score (nSPS) is 12.1. The first-order chi connectivity index (χ1) is 7.76. The maximum Gasteiger partial charge on any atom is 0.100 e. The molecule has 2 heteroatoms. The minimum atomic E-state index is -0.685. The zero-order chi connectivity index (χ0) is 11.8. The third kappa shape index (κ3) is 4.44. The van der Waals surface area contributed by atoms with Gasteiger partial charge in [-0.25, -0.2) is 4.39 Å². The molecule has 0 saturated heterocycles. The number of hydrogen-bond acceptors (Lipinski definition) is 1. The van der Waals surface area contributed by atoms with Crippen molar-refractivity contribution in [3.8, 4) is 6.07 Å². The topological polar surface area (TPSA) is 23.8 Å². The fourth-order valence-corrected chi connectivity index (χ4v) is 1.64. The molecule has 0 radical (unpaired) electrons. The van der Waals surface area contributed by atoms with E-state index in [2.05, 4.69) is 13.0 Å². The van der Waals surface area contributed by atoms with E-state index in [1.807, 2.05) is 12.1 Å². The molecule has 1 aromatic carbocycles. The summed E-state index contributed by atoms with van der Waals surface area (Å²) in [6.07, 6.45) is 3.36. The van der Waals surface area contributed by atoms with E-state index in [0.29, 0.717) is 18.4 Å². The van der Waals surface area contributed by atoms with Gasteiger partial charge < -0.3 is 0 Å². The first kappa shape index (κ1) is 12.7. The number of aryl methyl sites for hydroxylation is 1. The van der Waals surface area contributed by atoms with Gasteiger partial charge in [0.1, 0.15) is 6.17 Å². The number of benzene rings is 1. The van der Waals surface area contributed by atoms with Crippen LogP contribution in [0.2, 0.25) is 0 Å². The summed E-state index contributed by atoms with van der Waals surface area (Å²) < 4.78 is 13.4. The third-order valence-electron chi connectivity index (χ3n) is 2.70. The molecule has 0 spiro atoms. The van der Waals surface area contributed by atoms with Crippen LogP contribution in [0, 0.1) is 11.3 Å². The highest BCUT2D eigenvalue weighted by atomic mass is 19.1. The molecule has 16 heavy (non-hydrogen) atoms. The summed E-state index contributed by atoms with van der Waals surface area (Å²) in [7, 11) is 0. The van der Waals surface area contributed by atoms with E-state index in [1.54, 1.807) is 12.1 Å². The predicted octanol–water partition coefficient (Wildman–Crippen LogP) is 4.02. The van der Waals surface area contributed by atoms with Gasteiger partial charge in [0, 0.05) is 0 Å². The van der Waals surface area contributed by atoms with Gasteiger partial charge >= 0.3 is 0 Å². The zero-order valence-electron chi connectivity index (χ0n) is 9.75. The second-order valence-corrected chi connectivity index (χ2v) is 4.09.